The van der Waals surface area contributed by atoms with Gasteiger partial charge < -0.3 is 0 Å². The van der Waals surface area contributed by atoms with Crippen LogP contribution in [0.2, 0.25) is 0 Å². The highest BCUT2D eigenvalue weighted by Crippen LogP contribution is 2.55. The number of hydrogen-bond acceptors (Lipinski definition) is 2. The molecule has 0 aromatic heterocycles. The van der Waals surface area contributed by atoms with Gasteiger partial charge in [0.2, 0.25) is 0 Å². The SMILES string of the molecule is N#CCCP(CCC#N)C(=CP(c1ccccc1)c1ccccc1)c1ccccc1. The van der Waals surface area contributed by atoms with E-state index in [4.69, 9.17) is 0 Å². The Labute approximate surface area is 182 Å². The summed E-state index contributed by atoms with van der Waals surface area (Å²) >= 11 is 0. The molecular weight excluding hydrogens is 402 g/mol. The molecule has 0 bridgehead atoms. The maximum Gasteiger partial charge on any atom is 0.0625 e. The lowest BCUT2D eigenvalue weighted by atomic mass is 10.2. The van der Waals surface area contributed by atoms with Gasteiger partial charge in [-0.25, -0.2) is 0 Å². The Morgan fingerprint density at radius 1 is 0.667 bits per heavy atom. The van der Waals surface area contributed by atoms with Crippen LogP contribution in [0.4, 0.5) is 0 Å². The summed E-state index contributed by atoms with van der Waals surface area (Å²) in [7, 11) is -1.28. The highest BCUT2D eigenvalue weighted by atomic mass is 31.1. The van der Waals surface area contributed by atoms with Gasteiger partial charge in [-0.3, -0.25) is 0 Å². The predicted molar refractivity (Wildman–Crippen MR) is 131 cm³/mol. The van der Waals surface area contributed by atoms with Crippen LogP contribution in [0.25, 0.3) is 5.31 Å². The Balaban J connectivity index is 2.13. The van der Waals surface area contributed by atoms with Crippen molar-refractivity contribution in [1.82, 2.24) is 0 Å². The minimum Gasteiger partial charge on any atom is -0.198 e. The average Bonchev–Trinajstić information content (AvgIpc) is 2.82. The van der Waals surface area contributed by atoms with Crippen molar-refractivity contribution < 1.29 is 0 Å². The van der Waals surface area contributed by atoms with E-state index in [2.05, 4.69) is 103 Å². The van der Waals surface area contributed by atoms with Gasteiger partial charge in [-0.15, -0.1) is 0 Å². The molecule has 0 fully saturated rings. The minimum atomic E-state index is -0.688. The molecule has 0 saturated heterocycles. The van der Waals surface area contributed by atoms with E-state index in [1.807, 2.05) is 6.07 Å². The zero-order chi connectivity index (χ0) is 21.0. The van der Waals surface area contributed by atoms with E-state index < -0.39 is 15.8 Å². The van der Waals surface area contributed by atoms with Crippen LogP contribution in [0.3, 0.4) is 0 Å². The number of hydrogen-bond donors (Lipinski definition) is 0. The molecular formula is C26H24N2P2. The van der Waals surface area contributed by atoms with Gasteiger partial charge in [-0.1, -0.05) is 98.9 Å². The first kappa shape index (κ1) is 21.9. The Hall–Kier alpha value is -2.76. The van der Waals surface area contributed by atoms with E-state index >= 15 is 0 Å². The second-order valence-electron chi connectivity index (χ2n) is 6.72. The number of rotatable bonds is 9. The van der Waals surface area contributed by atoms with Crippen LogP contribution in [0.1, 0.15) is 18.4 Å². The first-order chi connectivity index (χ1) is 14.8. The maximum atomic E-state index is 9.21. The lowest BCUT2D eigenvalue weighted by Crippen LogP contribution is -2.10. The summed E-state index contributed by atoms with van der Waals surface area (Å²) in [5, 5.41) is 22.4. The third-order valence-corrected chi connectivity index (χ3v) is 9.74. The molecule has 0 unspecified atom stereocenters. The van der Waals surface area contributed by atoms with Crippen LogP contribution < -0.4 is 10.6 Å². The normalized spacial score (nSPS) is 11.3. The first-order valence-corrected chi connectivity index (χ1v) is 13.1. The predicted octanol–water partition coefficient (Wildman–Crippen LogP) is 6.43. The molecule has 0 aliphatic carbocycles. The van der Waals surface area contributed by atoms with Crippen LogP contribution in [0, 0.1) is 22.7 Å². The maximum absolute atomic E-state index is 9.21. The minimum absolute atomic E-state index is 0.524. The molecule has 3 rings (SSSR count). The van der Waals surface area contributed by atoms with E-state index in [0.717, 1.165) is 12.3 Å². The summed E-state index contributed by atoms with van der Waals surface area (Å²) in [4.78, 5) is 0. The second-order valence-corrected chi connectivity index (χ2v) is 11.2. The molecule has 0 aliphatic heterocycles. The summed E-state index contributed by atoms with van der Waals surface area (Å²) in [6.45, 7) is 0. The Bertz CT molecular complexity index is 962. The molecule has 0 radical (unpaired) electrons. The van der Waals surface area contributed by atoms with Gasteiger partial charge in [-0.2, -0.15) is 10.5 Å². The fourth-order valence-electron chi connectivity index (χ4n) is 3.27. The summed E-state index contributed by atoms with van der Waals surface area (Å²) in [5.41, 5.74) is 1.21. The van der Waals surface area contributed by atoms with Crippen molar-refractivity contribution in [2.24, 2.45) is 0 Å². The van der Waals surface area contributed by atoms with Crippen LogP contribution >= 0.6 is 15.8 Å². The molecule has 2 nitrogen and oxygen atoms in total. The van der Waals surface area contributed by atoms with Gasteiger partial charge in [0.1, 0.15) is 0 Å². The standard InChI is InChI=1S/C26H24N2P2/c27-18-10-20-29(21-11-19-28)26(23-12-4-1-5-13-23)22-30(24-14-6-2-7-15-24)25-16-8-3-9-17-25/h1-9,12-17,22H,10-11,20-21H2. The van der Waals surface area contributed by atoms with Gasteiger partial charge in [0.05, 0.1) is 12.1 Å². The Morgan fingerprint density at radius 3 is 1.53 bits per heavy atom. The van der Waals surface area contributed by atoms with Gasteiger partial charge in [0.15, 0.2) is 0 Å². The summed E-state index contributed by atoms with van der Waals surface area (Å²) < 4.78 is 0. The fourth-order valence-corrected chi connectivity index (χ4v) is 8.20. The van der Waals surface area contributed by atoms with Gasteiger partial charge >= 0.3 is 0 Å². The molecule has 4 heteroatoms. The molecule has 3 aromatic rings. The van der Waals surface area contributed by atoms with Crippen molar-refractivity contribution >= 4 is 31.8 Å². The van der Waals surface area contributed by atoms with Crippen LogP contribution in [0.15, 0.2) is 96.8 Å². The zero-order valence-corrected chi connectivity index (χ0v) is 18.6. The smallest absolute Gasteiger partial charge is 0.0625 e. The van der Waals surface area contributed by atoms with Gasteiger partial charge in [0.25, 0.3) is 0 Å². The quantitative estimate of drug-likeness (QED) is 0.370. The molecule has 0 spiro atoms. The fraction of sp³-hybridized carbons (Fsp3) is 0.154. The zero-order valence-electron chi connectivity index (χ0n) is 16.9. The van der Waals surface area contributed by atoms with Gasteiger partial charge in [-0.05, 0) is 47.5 Å². The number of nitriles is 2. The van der Waals surface area contributed by atoms with E-state index in [9.17, 15) is 10.5 Å². The van der Waals surface area contributed by atoms with Crippen molar-refractivity contribution in [3.63, 3.8) is 0 Å². The Kier molecular flexibility index (Phi) is 8.81. The second kappa shape index (κ2) is 12.1. The van der Waals surface area contributed by atoms with Crippen molar-refractivity contribution in [1.29, 1.82) is 10.5 Å². The van der Waals surface area contributed by atoms with Crippen molar-refractivity contribution in [3.8, 4) is 12.1 Å². The van der Waals surface area contributed by atoms with E-state index in [-0.39, 0.29) is 0 Å². The monoisotopic (exact) mass is 426 g/mol. The summed E-state index contributed by atoms with van der Waals surface area (Å²) in [6, 6.07) is 36.4. The third-order valence-electron chi connectivity index (χ3n) is 4.72. The number of nitrogens with zero attached hydrogens (tertiary/aromatic N) is 2. The molecule has 3 aromatic carbocycles. The molecule has 0 aliphatic rings. The largest absolute Gasteiger partial charge is 0.198 e. The first-order valence-electron chi connectivity index (χ1n) is 9.99. The van der Waals surface area contributed by atoms with E-state index in [1.165, 1.54) is 21.5 Å². The van der Waals surface area contributed by atoms with Crippen molar-refractivity contribution in [3.05, 3.63) is 102 Å². The van der Waals surface area contributed by atoms with Crippen LogP contribution in [-0.4, -0.2) is 12.3 Å². The molecule has 148 valence electrons. The van der Waals surface area contributed by atoms with Gasteiger partial charge in [0, 0.05) is 12.8 Å². The molecule has 0 heterocycles. The van der Waals surface area contributed by atoms with E-state index in [0.29, 0.717) is 12.8 Å². The third kappa shape index (κ3) is 6.12. The molecule has 0 N–H and O–H groups in total. The molecule has 0 atom stereocenters. The topological polar surface area (TPSA) is 47.6 Å². The van der Waals surface area contributed by atoms with Crippen LogP contribution in [0.5, 0.6) is 0 Å². The summed E-state index contributed by atoms with van der Waals surface area (Å²) in [6.07, 6.45) is 2.72. The van der Waals surface area contributed by atoms with E-state index in [1.54, 1.807) is 0 Å². The van der Waals surface area contributed by atoms with Crippen molar-refractivity contribution in [2.75, 3.05) is 12.3 Å². The molecule has 0 amide bonds. The Morgan fingerprint density at radius 2 is 1.10 bits per heavy atom. The van der Waals surface area contributed by atoms with Crippen molar-refractivity contribution in [2.45, 2.75) is 12.8 Å². The number of benzene rings is 3. The lowest BCUT2D eigenvalue weighted by molar-refractivity contribution is 1.18. The average molecular weight is 426 g/mol. The molecule has 0 saturated carbocycles. The highest BCUT2D eigenvalue weighted by molar-refractivity contribution is 7.78. The highest BCUT2D eigenvalue weighted by Gasteiger charge is 2.19. The van der Waals surface area contributed by atoms with Crippen LogP contribution in [-0.2, 0) is 0 Å². The lowest BCUT2D eigenvalue weighted by Gasteiger charge is -2.23. The molecule has 30 heavy (non-hydrogen) atoms. The summed E-state index contributed by atoms with van der Waals surface area (Å²) in [5.74, 6) is 2.44.